The predicted octanol–water partition coefficient (Wildman–Crippen LogP) is 4.15. The van der Waals surface area contributed by atoms with Crippen molar-refractivity contribution in [2.45, 2.75) is 19.0 Å². The van der Waals surface area contributed by atoms with E-state index >= 15 is 0 Å². The van der Waals surface area contributed by atoms with Crippen LogP contribution < -0.4 is 5.32 Å². The van der Waals surface area contributed by atoms with Gasteiger partial charge in [0.2, 0.25) is 5.91 Å². The predicted molar refractivity (Wildman–Crippen MR) is 189 cm³/mol. The molecule has 0 atom stereocenters. The molecular formula is C35H34ClF3N10O5. The van der Waals surface area contributed by atoms with Gasteiger partial charge in [-0.05, 0) is 62.3 Å². The minimum atomic E-state index is -4.82. The van der Waals surface area contributed by atoms with Gasteiger partial charge >= 0.3 is 12.1 Å². The van der Waals surface area contributed by atoms with Gasteiger partial charge in [-0.2, -0.15) is 18.3 Å². The fourth-order valence-corrected chi connectivity index (χ4v) is 7.11. The van der Waals surface area contributed by atoms with E-state index in [9.17, 15) is 32.3 Å². The molecule has 0 radical (unpaired) electrons. The highest BCUT2D eigenvalue weighted by Gasteiger charge is 2.39. The number of nitrogens with zero attached hydrogens (tertiary/aromatic N) is 8. The van der Waals surface area contributed by atoms with Gasteiger partial charge < -0.3 is 29.8 Å². The summed E-state index contributed by atoms with van der Waals surface area (Å²) in [5.41, 5.74) is 0.189. The van der Waals surface area contributed by atoms with Crippen LogP contribution in [0.25, 0.3) is 28.1 Å². The average molecular weight is 767 g/mol. The first kappa shape index (κ1) is 36.6. The van der Waals surface area contributed by atoms with Crippen LogP contribution in [0.1, 0.15) is 39.5 Å². The first-order chi connectivity index (χ1) is 25.8. The van der Waals surface area contributed by atoms with Gasteiger partial charge in [0.1, 0.15) is 0 Å². The number of anilines is 1. The van der Waals surface area contributed by atoms with Crippen LogP contribution in [0, 0.1) is 5.92 Å². The molecule has 0 bridgehead atoms. The van der Waals surface area contributed by atoms with Crippen molar-refractivity contribution >= 4 is 52.0 Å². The van der Waals surface area contributed by atoms with Crippen LogP contribution in [0.2, 0.25) is 5.02 Å². The number of carboxylic acid groups (broad SMARTS) is 1. The summed E-state index contributed by atoms with van der Waals surface area (Å²) in [4.78, 5) is 67.4. The monoisotopic (exact) mass is 766 g/mol. The number of halogens is 4. The van der Waals surface area contributed by atoms with E-state index in [1.165, 1.54) is 42.1 Å². The quantitative estimate of drug-likeness (QED) is 0.210. The molecule has 3 amide bonds. The number of likely N-dealkylation sites (tertiary alicyclic amines) is 1. The third-order valence-electron chi connectivity index (χ3n) is 9.71. The lowest BCUT2D eigenvalue weighted by Gasteiger charge is -2.38. The highest BCUT2D eigenvalue weighted by Crippen LogP contribution is 2.37. The first-order valence-electron chi connectivity index (χ1n) is 17.0. The van der Waals surface area contributed by atoms with Crippen molar-refractivity contribution in [2.24, 2.45) is 13.0 Å². The van der Waals surface area contributed by atoms with Crippen molar-refractivity contribution in [1.29, 1.82) is 0 Å². The minimum absolute atomic E-state index is 0.00816. The SMILES string of the molecule is Cn1c(-c2cn(-c3ccc4[nH]ccc4n3)nc2C(F)(F)F)cnc1C(=O)Nc1ccc(C(=O)N2CCN(C(=O)C3CCN(CC(=O)O)CC3)CC2)c(Cl)c1. The van der Waals surface area contributed by atoms with Gasteiger partial charge in [-0.15, -0.1) is 0 Å². The molecule has 15 nitrogen and oxygen atoms in total. The number of rotatable bonds is 8. The molecule has 282 valence electrons. The molecular weight excluding hydrogens is 733 g/mol. The molecule has 5 aromatic rings. The number of aliphatic carboxylic acids is 1. The van der Waals surface area contributed by atoms with Gasteiger partial charge in [-0.1, -0.05) is 11.6 Å². The molecule has 4 aromatic heterocycles. The van der Waals surface area contributed by atoms with Crippen molar-refractivity contribution in [2.75, 3.05) is 51.1 Å². The fraction of sp³-hybridized carbons (Fsp3) is 0.343. The number of H-pyrrole nitrogens is 1. The molecule has 0 saturated carbocycles. The topological polar surface area (TPSA) is 175 Å². The van der Waals surface area contributed by atoms with E-state index < -0.39 is 23.7 Å². The Kier molecular flexibility index (Phi) is 9.88. The number of nitrogens with one attached hydrogen (secondary N) is 2. The first-order valence-corrected chi connectivity index (χ1v) is 17.4. The number of carbonyl (C=O) groups excluding carboxylic acids is 3. The molecule has 7 rings (SSSR count). The van der Waals surface area contributed by atoms with E-state index in [0.29, 0.717) is 63.1 Å². The number of aromatic nitrogens is 6. The summed E-state index contributed by atoms with van der Waals surface area (Å²) in [6.45, 7) is 2.33. The molecule has 6 heterocycles. The van der Waals surface area contributed by atoms with E-state index in [1.807, 2.05) is 4.90 Å². The second-order valence-electron chi connectivity index (χ2n) is 13.2. The number of amides is 3. The number of imidazole rings is 1. The molecule has 1 aromatic carbocycles. The highest BCUT2D eigenvalue weighted by atomic mass is 35.5. The summed E-state index contributed by atoms with van der Waals surface area (Å²) in [6.07, 6.45) is 0.347. The van der Waals surface area contributed by atoms with Crippen LogP contribution in [0.5, 0.6) is 0 Å². The number of carboxylic acids is 1. The Morgan fingerprint density at radius 3 is 2.41 bits per heavy atom. The minimum Gasteiger partial charge on any atom is -0.480 e. The van der Waals surface area contributed by atoms with Gasteiger partial charge in [-0.3, -0.25) is 24.1 Å². The maximum Gasteiger partial charge on any atom is 0.435 e. The number of benzene rings is 1. The lowest BCUT2D eigenvalue weighted by molar-refractivity contribution is -0.141. The van der Waals surface area contributed by atoms with Crippen LogP contribution in [0.4, 0.5) is 18.9 Å². The van der Waals surface area contributed by atoms with Crippen molar-refractivity contribution in [1.82, 2.24) is 44.0 Å². The zero-order valence-corrected chi connectivity index (χ0v) is 29.6. The number of piperazine rings is 1. The second kappa shape index (κ2) is 14.6. The molecule has 0 unspecified atom stereocenters. The lowest BCUT2D eigenvalue weighted by Crippen LogP contribution is -2.53. The van der Waals surface area contributed by atoms with Gasteiger partial charge in [0.15, 0.2) is 17.3 Å². The Hall–Kier alpha value is -5.75. The molecule has 2 aliphatic heterocycles. The zero-order chi connectivity index (χ0) is 38.3. The summed E-state index contributed by atoms with van der Waals surface area (Å²) in [6, 6.07) is 9.25. The summed E-state index contributed by atoms with van der Waals surface area (Å²) >= 11 is 6.50. The summed E-state index contributed by atoms with van der Waals surface area (Å²) in [7, 11) is 1.41. The molecule has 2 saturated heterocycles. The van der Waals surface area contributed by atoms with Crippen LogP contribution in [0.15, 0.2) is 55.0 Å². The van der Waals surface area contributed by atoms with Crippen LogP contribution >= 0.6 is 11.6 Å². The Labute approximate surface area is 310 Å². The maximum atomic E-state index is 14.2. The van der Waals surface area contributed by atoms with Gasteiger partial charge in [0.05, 0.1) is 45.6 Å². The van der Waals surface area contributed by atoms with E-state index in [2.05, 4.69) is 25.4 Å². The van der Waals surface area contributed by atoms with Crippen LogP contribution in [-0.2, 0) is 22.8 Å². The van der Waals surface area contributed by atoms with Crippen LogP contribution in [0.3, 0.4) is 0 Å². The molecule has 0 spiro atoms. The van der Waals surface area contributed by atoms with Gasteiger partial charge in [0, 0.05) is 57.2 Å². The number of carbonyl (C=O) groups is 4. The van der Waals surface area contributed by atoms with Crippen molar-refractivity contribution < 1.29 is 37.5 Å². The highest BCUT2D eigenvalue weighted by molar-refractivity contribution is 6.34. The average Bonchev–Trinajstić information content (AvgIpc) is 3.89. The number of alkyl halides is 3. The Bertz CT molecular complexity index is 2250. The largest absolute Gasteiger partial charge is 0.480 e. The van der Waals surface area contributed by atoms with E-state index in [-0.39, 0.29) is 63.5 Å². The molecule has 3 N–H and O–H groups in total. The zero-order valence-electron chi connectivity index (χ0n) is 28.8. The fourth-order valence-electron chi connectivity index (χ4n) is 6.85. The Morgan fingerprint density at radius 2 is 1.72 bits per heavy atom. The van der Waals surface area contributed by atoms with Crippen molar-refractivity contribution in [3.05, 3.63) is 77.1 Å². The van der Waals surface area contributed by atoms with Crippen molar-refractivity contribution in [3.63, 3.8) is 0 Å². The molecule has 0 aliphatic carbocycles. The number of hydrogen-bond acceptors (Lipinski definition) is 8. The number of aromatic amines is 1. The standard InChI is InChI=1S/C35H34ClF3N10O5/c1-45-27(23-18-49(44-30(23)35(37,38)39)28-5-4-25-26(43-28)6-9-40-25)17-41-31(45)32(52)42-21-2-3-22(24(36)16-21)34(54)48-14-12-47(13-15-48)33(53)20-7-10-46(11-8-20)19-29(50)51/h2-6,9,16-18,20,40H,7-8,10-15,19H2,1H3,(H,42,52)(H,50,51). The smallest absolute Gasteiger partial charge is 0.435 e. The number of fused-ring (bicyclic) bond motifs is 1. The summed E-state index contributed by atoms with van der Waals surface area (Å²) in [5, 5.41) is 15.5. The van der Waals surface area contributed by atoms with Crippen molar-refractivity contribution in [3.8, 4) is 17.1 Å². The molecule has 54 heavy (non-hydrogen) atoms. The second-order valence-corrected chi connectivity index (χ2v) is 13.6. The van der Waals surface area contributed by atoms with Crippen LogP contribution in [-0.4, -0.2) is 119 Å². The Balaban J connectivity index is 0.992. The van der Waals surface area contributed by atoms with E-state index in [1.54, 1.807) is 28.1 Å². The summed E-state index contributed by atoms with van der Waals surface area (Å²) in [5.74, 6) is -2.16. The third-order valence-corrected chi connectivity index (χ3v) is 10.0. The molecule has 2 fully saturated rings. The molecule has 2 aliphatic rings. The van der Waals surface area contributed by atoms with Gasteiger partial charge in [-0.25, -0.2) is 14.6 Å². The van der Waals surface area contributed by atoms with E-state index in [0.717, 1.165) is 10.9 Å². The number of piperidine rings is 1. The Morgan fingerprint density at radius 1 is 1.00 bits per heavy atom. The third kappa shape index (κ3) is 7.38. The summed E-state index contributed by atoms with van der Waals surface area (Å²) < 4.78 is 44.8. The molecule has 19 heteroatoms. The normalized spacial score (nSPS) is 15.9. The lowest BCUT2D eigenvalue weighted by atomic mass is 9.95. The number of hydrogen-bond donors (Lipinski definition) is 3. The van der Waals surface area contributed by atoms with Gasteiger partial charge in [0.25, 0.3) is 11.8 Å². The number of pyridine rings is 1. The van der Waals surface area contributed by atoms with E-state index in [4.69, 9.17) is 16.7 Å². The maximum absolute atomic E-state index is 14.2.